The van der Waals surface area contributed by atoms with Gasteiger partial charge in [0.15, 0.2) is 0 Å². The Kier molecular flexibility index (Phi) is 3.31. The summed E-state index contributed by atoms with van der Waals surface area (Å²) in [7, 11) is 1.63. The van der Waals surface area contributed by atoms with Crippen molar-refractivity contribution < 1.29 is 9.47 Å². The van der Waals surface area contributed by atoms with Crippen LogP contribution < -0.4 is 0 Å². The van der Waals surface area contributed by atoms with E-state index in [4.69, 9.17) is 9.47 Å². The Balaban J connectivity index is 2.14. The van der Waals surface area contributed by atoms with Crippen molar-refractivity contribution >= 4 is 6.21 Å². The Hall–Kier alpha value is -0.810. The second kappa shape index (κ2) is 4.27. The van der Waals surface area contributed by atoms with E-state index in [0.29, 0.717) is 19.8 Å². The molecule has 5 nitrogen and oxygen atoms in total. The maximum Gasteiger partial charge on any atom is 0.144 e. The van der Waals surface area contributed by atoms with Crippen molar-refractivity contribution in [3.63, 3.8) is 0 Å². The average Bonchev–Trinajstić information content (AvgIpc) is 2.47. The minimum absolute atomic E-state index is 0.392. The average molecular weight is 170 g/mol. The summed E-state index contributed by atoms with van der Waals surface area (Å²) in [6.07, 6.45) is 1.57. The van der Waals surface area contributed by atoms with Gasteiger partial charge in [-0.25, -0.2) is 0 Å². The molecule has 0 aromatic rings. The summed E-state index contributed by atoms with van der Waals surface area (Å²) in [5.41, 5.74) is -0.617. The molecule has 1 rings (SSSR count). The molecule has 1 heterocycles. The van der Waals surface area contributed by atoms with Gasteiger partial charge in [0.1, 0.15) is 5.54 Å². The van der Waals surface area contributed by atoms with Crippen LogP contribution in [0.25, 0.3) is 0 Å². The third kappa shape index (κ3) is 2.67. The fraction of sp³-hybridized carbons (Fsp3) is 0.714. The lowest BCUT2D eigenvalue weighted by Gasteiger charge is -2.14. The van der Waals surface area contributed by atoms with Gasteiger partial charge in [0.25, 0.3) is 0 Å². The fourth-order valence-corrected chi connectivity index (χ4v) is 0.731. The summed E-state index contributed by atoms with van der Waals surface area (Å²) in [4.78, 5) is 0. The van der Waals surface area contributed by atoms with E-state index in [0.717, 1.165) is 0 Å². The van der Waals surface area contributed by atoms with Crippen molar-refractivity contribution in [3.8, 4) is 0 Å². The van der Waals surface area contributed by atoms with E-state index in [1.54, 1.807) is 13.3 Å². The van der Waals surface area contributed by atoms with Crippen LogP contribution in [0.1, 0.15) is 0 Å². The third-order valence-corrected chi connectivity index (χ3v) is 1.38. The zero-order chi connectivity index (χ0) is 8.86. The first-order valence-electron chi connectivity index (χ1n) is 3.65. The lowest BCUT2D eigenvalue weighted by molar-refractivity contribution is 0.0622. The van der Waals surface area contributed by atoms with Crippen LogP contribution in [0.4, 0.5) is 0 Å². The Morgan fingerprint density at radius 2 is 2.33 bits per heavy atom. The predicted octanol–water partition coefficient (Wildman–Crippen LogP) is 0.674. The Labute approximate surface area is 71.5 Å². The molecule has 0 bridgehead atoms. The summed E-state index contributed by atoms with van der Waals surface area (Å²) in [5, 5.41) is 10.8. The predicted molar refractivity (Wildman–Crippen MR) is 44.1 cm³/mol. The lowest BCUT2D eigenvalue weighted by atomic mass is 10.1. The van der Waals surface area contributed by atoms with Crippen LogP contribution in [-0.2, 0) is 9.47 Å². The highest BCUT2D eigenvalue weighted by Gasteiger charge is 2.24. The number of rotatable bonds is 5. The normalized spacial score (nSPS) is 26.8. The minimum Gasteiger partial charge on any atom is -0.382 e. The summed E-state index contributed by atoms with van der Waals surface area (Å²) < 4.78 is 10.0. The van der Waals surface area contributed by atoms with Gasteiger partial charge in [-0.2, -0.15) is 5.11 Å². The van der Waals surface area contributed by atoms with Gasteiger partial charge >= 0.3 is 0 Å². The summed E-state index contributed by atoms with van der Waals surface area (Å²) in [6.45, 7) is 5.30. The molecule has 1 aliphatic heterocycles. The van der Waals surface area contributed by atoms with Crippen molar-refractivity contribution in [2.45, 2.75) is 5.54 Å². The molecule has 0 fully saturated rings. The number of hydrogen-bond acceptors (Lipinski definition) is 5. The zero-order valence-corrected chi connectivity index (χ0v) is 7.06. The topological polar surface area (TPSA) is 55.5 Å². The van der Waals surface area contributed by atoms with E-state index in [-0.39, 0.29) is 0 Å². The molecule has 12 heavy (non-hydrogen) atoms. The first-order chi connectivity index (χ1) is 5.77. The molecule has 0 aromatic heterocycles. The maximum atomic E-state index is 5.23. The van der Waals surface area contributed by atoms with Crippen molar-refractivity contribution in [2.24, 2.45) is 15.4 Å². The smallest absolute Gasteiger partial charge is 0.144 e. The van der Waals surface area contributed by atoms with Crippen molar-refractivity contribution in [2.75, 3.05) is 26.9 Å². The zero-order valence-electron chi connectivity index (χ0n) is 7.06. The number of ether oxygens (including phenoxy) is 2. The van der Waals surface area contributed by atoms with Crippen LogP contribution in [0.3, 0.4) is 0 Å². The van der Waals surface area contributed by atoms with Crippen LogP contribution in [-0.4, -0.2) is 38.7 Å². The first kappa shape index (κ1) is 9.28. The Bertz CT molecular complexity index is 179. The number of hydrogen-bond donors (Lipinski definition) is 0. The largest absolute Gasteiger partial charge is 0.382 e. The van der Waals surface area contributed by atoms with Gasteiger partial charge in [-0.15, -0.1) is 5.10 Å². The SMILES string of the molecule is [CH2]C1(COCCOC)C=NN=N1. The van der Waals surface area contributed by atoms with Gasteiger partial charge in [-0.05, 0) is 12.1 Å². The lowest BCUT2D eigenvalue weighted by Crippen LogP contribution is -2.29. The molecule has 1 radical (unpaired) electrons. The molecule has 5 heteroatoms. The van der Waals surface area contributed by atoms with Crippen LogP contribution in [0.2, 0.25) is 0 Å². The van der Waals surface area contributed by atoms with Gasteiger partial charge in [0, 0.05) is 7.11 Å². The van der Waals surface area contributed by atoms with Crippen molar-refractivity contribution in [1.29, 1.82) is 0 Å². The Morgan fingerprint density at radius 1 is 1.50 bits per heavy atom. The van der Waals surface area contributed by atoms with Gasteiger partial charge in [-0.1, -0.05) is 0 Å². The number of methoxy groups -OCH3 is 1. The highest BCUT2D eigenvalue weighted by molar-refractivity contribution is 5.72. The standard InChI is InChI=1S/C7H12N3O2/c1-7(5-8-10-9-7)6-12-4-3-11-2/h5H,1,3-4,6H2,2H3. The van der Waals surface area contributed by atoms with E-state index >= 15 is 0 Å². The first-order valence-corrected chi connectivity index (χ1v) is 3.65. The maximum absolute atomic E-state index is 5.23. The Morgan fingerprint density at radius 3 is 2.92 bits per heavy atom. The second-order valence-electron chi connectivity index (χ2n) is 2.58. The highest BCUT2D eigenvalue weighted by atomic mass is 16.5. The fourth-order valence-electron chi connectivity index (χ4n) is 0.731. The molecule has 0 saturated heterocycles. The van der Waals surface area contributed by atoms with Crippen LogP contribution in [0.15, 0.2) is 15.4 Å². The second-order valence-corrected chi connectivity index (χ2v) is 2.58. The molecular weight excluding hydrogens is 158 g/mol. The van der Waals surface area contributed by atoms with E-state index in [1.165, 1.54) is 0 Å². The summed E-state index contributed by atoms with van der Waals surface area (Å²) >= 11 is 0. The molecule has 1 atom stereocenters. The summed E-state index contributed by atoms with van der Waals surface area (Å²) in [5.74, 6) is 0. The third-order valence-electron chi connectivity index (χ3n) is 1.38. The van der Waals surface area contributed by atoms with Gasteiger partial charge < -0.3 is 9.47 Å². The van der Waals surface area contributed by atoms with Gasteiger partial charge in [0.05, 0.1) is 26.0 Å². The molecule has 0 amide bonds. The quantitative estimate of drug-likeness (QED) is 0.569. The van der Waals surface area contributed by atoms with Gasteiger partial charge in [0.2, 0.25) is 0 Å². The minimum atomic E-state index is -0.617. The summed E-state index contributed by atoms with van der Waals surface area (Å²) in [6, 6.07) is 0. The molecule has 1 aliphatic rings. The molecule has 0 spiro atoms. The number of nitrogens with zero attached hydrogens (tertiary/aromatic N) is 3. The van der Waals surface area contributed by atoms with E-state index in [2.05, 4.69) is 22.4 Å². The molecular formula is C7H12N3O2. The molecule has 0 aromatic carbocycles. The van der Waals surface area contributed by atoms with Crippen molar-refractivity contribution in [3.05, 3.63) is 6.92 Å². The highest BCUT2D eigenvalue weighted by Crippen LogP contribution is 2.12. The van der Waals surface area contributed by atoms with Crippen LogP contribution >= 0.6 is 0 Å². The molecule has 0 N–H and O–H groups in total. The molecule has 1 unspecified atom stereocenters. The van der Waals surface area contributed by atoms with Crippen LogP contribution in [0, 0.1) is 6.92 Å². The molecule has 0 saturated carbocycles. The van der Waals surface area contributed by atoms with Gasteiger partial charge in [-0.3, -0.25) is 0 Å². The molecule has 0 aliphatic carbocycles. The van der Waals surface area contributed by atoms with Crippen molar-refractivity contribution in [1.82, 2.24) is 0 Å². The molecule has 67 valence electrons. The van der Waals surface area contributed by atoms with E-state index in [9.17, 15) is 0 Å². The van der Waals surface area contributed by atoms with E-state index < -0.39 is 5.54 Å². The van der Waals surface area contributed by atoms with Crippen LogP contribution in [0.5, 0.6) is 0 Å². The van der Waals surface area contributed by atoms with E-state index in [1.807, 2.05) is 0 Å². The monoisotopic (exact) mass is 170 g/mol.